The highest BCUT2D eigenvalue weighted by atomic mass is 35.5. The van der Waals surface area contributed by atoms with Gasteiger partial charge in [-0.3, -0.25) is 4.79 Å². The van der Waals surface area contributed by atoms with Crippen LogP contribution in [0, 0.1) is 0 Å². The van der Waals surface area contributed by atoms with Crippen molar-refractivity contribution in [2.45, 2.75) is 12.1 Å². The SMILES string of the molecule is O=C(O)c1ccc(C(=O)N[C@@H]2CNCCO[C@H]2c2ccc(Cl)c(Cl)c2)cc1. The first kappa shape index (κ1) is 19.6. The van der Waals surface area contributed by atoms with Gasteiger partial charge in [0.2, 0.25) is 0 Å². The number of benzene rings is 2. The molecule has 2 aromatic rings. The van der Waals surface area contributed by atoms with Crippen molar-refractivity contribution < 1.29 is 19.4 Å². The second-order valence-electron chi connectivity index (χ2n) is 6.13. The van der Waals surface area contributed by atoms with Gasteiger partial charge in [-0.2, -0.15) is 0 Å². The second kappa shape index (κ2) is 8.71. The molecule has 0 saturated carbocycles. The lowest BCUT2D eigenvalue weighted by Crippen LogP contribution is -2.44. The number of hydrogen-bond acceptors (Lipinski definition) is 4. The number of hydrogen-bond donors (Lipinski definition) is 3. The topological polar surface area (TPSA) is 87.7 Å². The Balaban J connectivity index is 1.79. The van der Waals surface area contributed by atoms with Gasteiger partial charge in [-0.15, -0.1) is 0 Å². The lowest BCUT2D eigenvalue weighted by atomic mass is 10.0. The van der Waals surface area contributed by atoms with Gasteiger partial charge in [-0.05, 0) is 42.0 Å². The van der Waals surface area contributed by atoms with E-state index in [4.69, 9.17) is 33.0 Å². The maximum absolute atomic E-state index is 12.6. The zero-order chi connectivity index (χ0) is 19.4. The highest BCUT2D eigenvalue weighted by molar-refractivity contribution is 6.42. The predicted molar refractivity (Wildman–Crippen MR) is 103 cm³/mol. The first-order valence-corrected chi connectivity index (χ1v) is 9.13. The molecule has 1 fully saturated rings. The lowest BCUT2D eigenvalue weighted by molar-refractivity contribution is 0.0417. The molecule has 142 valence electrons. The van der Waals surface area contributed by atoms with E-state index in [9.17, 15) is 9.59 Å². The molecule has 1 heterocycles. The Morgan fingerprint density at radius 2 is 1.78 bits per heavy atom. The summed E-state index contributed by atoms with van der Waals surface area (Å²) >= 11 is 12.1. The maximum atomic E-state index is 12.6. The number of ether oxygens (including phenoxy) is 1. The van der Waals surface area contributed by atoms with Crippen molar-refractivity contribution in [3.8, 4) is 0 Å². The van der Waals surface area contributed by atoms with Gasteiger partial charge in [0.1, 0.15) is 6.10 Å². The zero-order valence-electron chi connectivity index (χ0n) is 14.2. The number of halogens is 2. The van der Waals surface area contributed by atoms with Crippen LogP contribution in [-0.2, 0) is 4.74 Å². The number of carboxylic acids is 1. The van der Waals surface area contributed by atoms with E-state index in [1.54, 1.807) is 12.1 Å². The first-order valence-electron chi connectivity index (χ1n) is 8.37. The molecule has 0 bridgehead atoms. The summed E-state index contributed by atoms with van der Waals surface area (Å²) in [7, 11) is 0. The molecule has 3 N–H and O–H groups in total. The third-order valence-corrected chi connectivity index (χ3v) is 5.03. The van der Waals surface area contributed by atoms with Crippen LogP contribution in [-0.4, -0.2) is 42.7 Å². The standard InChI is InChI=1S/C19H18Cl2N2O4/c20-14-6-5-13(9-15(14)21)17-16(10-22-7-8-27-17)23-18(24)11-1-3-12(4-2-11)19(25)26/h1-6,9,16-17,22H,7-8,10H2,(H,23,24)(H,25,26)/t16-,17+/m1/s1. The van der Waals surface area contributed by atoms with Crippen LogP contribution >= 0.6 is 23.2 Å². The van der Waals surface area contributed by atoms with Gasteiger partial charge in [-0.25, -0.2) is 4.79 Å². The number of carbonyl (C=O) groups excluding carboxylic acids is 1. The van der Waals surface area contributed by atoms with Crippen molar-refractivity contribution in [1.29, 1.82) is 0 Å². The van der Waals surface area contributed by atoms with Crippen molar-refractivity contribution in [2.24, 2.45) is 0 Å². The van der Waals surface area contributed by atoms with E-state index in [2.05, 4.69) is 10.6 Å². The number of nitrogens with one attached hydrogen (secondary N) is 2. The van der Waals surface area contributed by atoms with E-state index in [-0.39, 0.29) is 17.5 Å². The van der Waals surface area contributed by atoms with Crippen LogP contribution in [0.25, 0.3) is 0 Å². The van der Waals surface area contributed by atoms with Crippen molar-refractivity contribution in [3.05, 3.63) is 69.2 Å². The average Bonchev–Trinajstić information content (AvgIpc) is 2.89. The monoisotopic (exact) mass is 408 g/mol. The molecule has 1 aliphatic rings. The molecule has 3 rings (SSSR count). The summed E-state index contributed by atoms with van der Waals surface area (Å²) in [5.74, 6) is -1.35. The number of carbonyl (C=O) groups is 2. The third-order valence-electron chi connectivity index (χ3n) is 4.29. The summed E-state index contributed by atoms with van der Waals surface area (Å²) < 4.78 is 5.93. The van der Waals surface area contributed by atoms with E-state index < -0.39 is 12.1 Å². The Kier molecular flexibility index (Phi) is 6.34. The van der Waals surface area contributed by atoms with Gasteiger partial charge in [0.25, 0.3) is 5.91 Å². The molecule has 1 amide bonds. The number of rotatable bonds is 4. The van der Waals surface area contributed by atoms with Crippen LogP contribution < -0.4 is 10.6 Å². The first-order chi connectivity index (χ1) is 13.0. The Morgan fingerprint density at radius 3 is 2.44 bits per heavy atom. The summed E-state index contributed by atoms with van der Waals surface area (Å²) in [4.78, 5) is 23.6. The van der Waals surface area contributed by atoms with E-state index in [1.807, 2.05) is 6.07 Å². The number of aromatic carboxylic acids is 1. The van der Waals surface area contributed by atoms with Crippen LogP contribution in [0.5, 0.6) is 0 Å². The summed E-state index contributed by atoms with van der Waals surface area (Å²) in [6.45, 7) is 1.67. The summed E-state index contributed by atoms with van der Waals surface area (Å²) in [6.07, 6.45) is -0.392. The molecule has 0 aliphatic carbocycles. The van der Waals surface area contributed by atoms with Crippen molar-refractivity contribution >= 4 is 35.1 Å². The molecule has 2 atom stereocenters. The van der Waals surface area contributed by atoms with Gasteiger partial charge in [0, 0.05) is 18.7 Å². The van der Waals surface area contributed by atoms with Crippen molar-refractivity contribution in [2.75, 3.05) is 19.7 Å². The minimum Gasteiger partial charge on any atom is -0.478 e. The Hall–Kier alpha value is -2.12. The molecule has 6 nitrogen and oxygen atoms in total. The minimum absolute atomic E-state index is 0.125. The highest BCUT2D eigenvalue weighted by Gasteiger charge is 2.28. The number of amides is 1. The number of carboxylic acid groups (broad SMARTS) is 1. The summed E-state index contributed by atoms with van der Waals surface area (Å²) in [5, 5.41) is 16.0. The molecule has 0 aromatic heterocycles. The van der Waals surface area contributed by atoms with Crippen molar-refractivity contribution in [3.63, 3.8) is 0 Å². The van der Waals surface area contributed by atoms with Crippen LogP contribution in [0.4, 0.5) is 0 Å². The van der Waals surface area contributed by atoms with Crippen LogP contribution in [0.2, 0.25) is 10.0 Å². The van der Waals surface area contributed by atoms with E-state index >= 15 is 0 Å². The fourth-order valence-corrected chi connectivity index (χ4v) is 3.21. The van der Waals surface area contributed by atoms with Crippen molar-refractivity contribution in [1.82, 2.24) is 10.6 Å². The Morgan fingerprint density at radius 1 is 1.07 bits per heavy atom. The molecule has 27 heavy (non-hydrogen) atoms. The van der Waals surface area contributed by atoms with E-state index in [0.29, 0.717) is 35.3 Å². The van der Waals surface area contributed by atoms with Gasteiger partial charge < -0.3 is 20.5 Å². The molecule has 2 aromatic carbocycles. The molecular weight excluding hydrogens is 391 g/mol. The Bertz CT molecular complexity index is 842. The molecule has 0 spiro atoms. The van der Waals surface area contributed by atoms with Gasteiger partial charge >= 0.3 is 5.97 Å². The molecule has 8 heteroatoms. The average molecular weight is 409 g/mol. The highest BCUT2D eigenvalue weighted by Crippen LogP contribution is 2.29. The van der Waals surface area contributed by atoms with E-state index in [0.717, 1.165) is 5.56 Å². The smallest absolute Gasteiger partial charge is 0.335 e. The third kappa shape index (κ3) is 4.78. The maximum Gasteiger partial charge on any atom is 0.335 e. The summed E-state index contributed by atoms with van der Waals surface area (Å²) in [5.41, 5.74) is 1.32. The summed E-state index contributed by atoms with van der Waals surface area (Å²) in [6, 6.07) is 10.7. The van der Waals surface area contributed by atoms with Gasteiger partial charge in [0.15, 0.2) is 0 Å². The fourth-order valence-electron chi connectivity index (χ4n) is 2.90. The van der Waals surface area contributed by atoms with Gasteiger partial charge in [0.05, 0.1) is 28.3 Å². The molecule has 0 unspecified atom stereocenters. The Labute approximate surface area is 166 Å². The molecule has 0 radical (unpaired) electrons. The quantitative estimate of drug-likeness (QED) is 0.722. The minimum atomic E-state index is -1.04. The zero-order valence-corrected chi connectivity index (χ0v) is 15.8. The largest absolute Gasteiger partial charge is 0.478 e. The predicted octanol–water partition coefficient (Wildman–Crippen LogP) is 3.15. The van der Waals surface area contributed by atoms with E-state index in [1.165, 1.54) is 24.3 Å². The van der Waals surface area contributed by atoms with Crippen LogP contribution in [0.1, 0.15) is 32.4 Å². The fraction of sp³-hybridized carbons (Fsp3) is 0.263. The molecular formula is C19H18Cl2N2O4. The molecule has 1 saturated heterocycles. The van der Waals surface area contributed by atoms with Gasteiger partial charge in [-0.1, -0.05) is 29.3 Å². The molecule has 1 aliphatic heterocycles. The second-order valence-corrected chi connectivity index (χ2v) is 6.95. The lowest BCUT2D eigenvalue weighted by Gasteiger charge is -2.26. The normalized spacial score (nSPS) is 19.9. The van der Waals surface area contributed by atoms with Crippen LogP contribution in [0.3, 0.4) is 0 Å². The van der Waals surface area contributed by atoms with Crippen LogP contribution in [0.15, 0.2) is 42.5 Å².